The van der Waals surface area contributed by atoms with Crippen molar-refractivity contribution >= 4 is 5.91 Å². The molecule has 0 saturated heterocycles. The number of benzene rings is 2. The molecule has 1 heterocycles. The molecule has 0 radical (unpaired) electrons. The number of pyridine rings is 1. The van der Waals surface area contributed by atoms with Gasteiger partial charge < -0.3 is 14.8 Å². The fourth-order valence-corrected chi connectivity index (χ4v) is 2.57. The van der Waals surface area contributed by atoms with Crippen LogP contribution in [0.25, 0.3) is 11.3 Å². The van der Waals surface area contributed by atoms with Crippen molar-refractivity contribution in [2.75, 3.05) is 13.7 Å². The molecule has 0 bridgehead atoms. The summed E-state index contributed by atoms with van der Waals surface area (Å²) < 4.78 is 11.0. The number of hydrogen-bond acceptors (Lipinski definition) is 5. The van der Waals surface area contributed by atoms with E-state index in [4.69, 9.17) is 14.7 Å². The molecular weight excluding hydrogens is 354 g/mol. The molecule has 0 unspecified atom stereocenters. The number of nitrogens with zero attached hydrogens (tertiary/aromatic N) is 2. The van der Waals surface area contributed by atoms with Crippen molar-refractivity contribution in [2.24, 2.45) is 0 Å². The summed E-state index contributed by atoms with van der Waals surface area (Å²) in [7, 11) is 1.60. The molecule has 140 valence electrons. The van der Waals surface area contributed by atoms with Crippen LogP contribution < -0.4 is 14.8 Å². The van der Waals surface area contributed by atoms with Crippen LogP contribution in [0.3, 0.4) is 0 Å². The first-order chi connectivity index (χ1) is 13.7. The number of rotatable bonds is 7. The van der Waals surface area contributed by atoms with Crippen molar-refractivity contribution in [3.63, 3.8) is 0 Å². The topological polar surface area (TPSA) is 84.2 Å². The zero-order valence-corrected chi connectivity index (χ0v) is 15.4. The molecule has 2 aromatic carbocycles. The van der Waals surface area contributed by atoms with E-state index in [9.17, 15) is 4.79 Å². The van der Waals surface area contributed by atoms with Crippen LogP contribution in [-0.4, -0.2) is 24.5 Å². The summed E-state index contributed by atoms with van der Waals surface area (Å²) in [6.07, 6.45) is 0.274. The molecule has 6 heteroatoms. The SMILES string of the molecule is COc1cccc(Oc2cccc(-c3cccc(C(=O)NCCC#N)c3)n2)c1. The van der Waals surface area contributed by atoms with E-state index in [0.717, 1.165) is 5.56 Å². The minimum atomic E-state index is -0.221. The third-order valence-electron chi connectivity index (χ3n) is 3.93. The first-order valence-corrected chi connectivity index (χ1v) is 8.74. The Morgan fingerprint density at radius 2 is 1.86 bits per heavy atom. The molecule has 0 atom stereocenters. The smallest absolute Gasteiger partial charge is 0.251 e. The summed E-state index contributed by atoms with van der Waals surface area (Å²) in [5, 5.41) is 11.3. The average Bonchev–Trinajstić information content (AvgIpc) is 2.74. The molecule has 0 spiro atoms. The molecule has 0 aliphatic carbocycles. The number of nitriles is 1. The van der Waals surface area contributed by atoms with Gasteiger partial charge in [0.2, 0.25) is 5.88 Å². The lowest BCUT2D eigenvalue weighted by molar-refractivity contribution is 0.0954. The second kappa shape index (κ2) is 9.19. The molecule has 0 aliphatic rings. The Morgan fingerprint density at radius 3 is 2.68 bits per heavy atom. The van der Waals surface area contributed by atoms with Gasteiger partial charge in [0, 0.05) is 29.8 Å². The summed E-state index contributed by atoms with van der Waals surface area (Å²) in [4.78, 5) is 16.7. The number of nitrogens with one attached hydrogen (secondary N) is 1. The van der Waals surface area contributed by atoms with Gasteiger partial charge in [0.1, 0.15) is 11.5 Å². The van der Waals surface area contributed by atoms with Gasteiger partial charge in [-0.15, -0.1) is 0 Å². The van der Waals surface area contributed by atoms with Crippen molar-refractivity contribution in [1.82, 2.24) is 10.3 Å². The number of hydrogen-bond donors (Lipinski definition) is 1. The molecule has 3 aromatic rings. The van der Waals surface area contributed by atoms with Crippen LogP contribution >= 0.6 is 0 Å². The van der Waals surface area contributed by atoms with Crippen LogP contribution in [0.5, 0.6) is 17.4 Å². The van der Waals surface area contributed by atoms with Gasteiger partial charge in [0.15, 0.2) is 0 Å². The molecule has 0 saturated carbocycles. The number of aromatic nitrogens is 1. The van der Waals surface area contributed by atoms with Gasteiger partial charge in [-0.1, -0.05) is 24.3 Å². The minimum Gasteiger partial charge on any atom is -0.497 e. The van der Waals surface area contributed by atoms with Gasteiger partial charge in [0.25, 0.3) is 5.91 Å². The average molecular weight is 373 g/mol. The van der Waals surface area contributed by atoms with Crippen LogP contribution in [0.2, 0.25) is 0 Å². The highest BCUT2D eigenvalue weighted by atomic mass is 16.5. The Morgan fingerprint density at radius 1 is 1.07 bits per heavy atom. The van der Waals surface area contributed by atoms with E-state index < -0.39 is 0 Å². The molecule has 3 rings (SSSR count). The first kappa shape index (κ1) is 18.9. The maximum Gasteiger partial charge on any atom is 0.251 e. The van der Waals surface area contributed by atoms with Crippen molar-refractivity contribution in [3.8, 4) is 34.7 Å². The molecule has 0 fully saturated rings. The zero-order chi connectivity index (χ0) is 19.8. The number of amides is 1. The lowest BCUT2D eigenvalue weighted by Gasteiger charge is -2.09. The Hall–Kier alpha value is -3.85. The van der Waals surface area contributed by atoms with Gasteiger partial charge in [-0.2, -0.15) is 5.26 Å². The Bertz CT molecular complexity index is 1010. The van der Waals surface area contributed by atoms with E-state index in [0.29, 0.717) is 35.2 Å². The lowest BCUT2D eigenvalue weighted by Crippen LogP contribution is -2.24. The second-order valence-corrected chi connectivity index (χ2v) is 5.89. The van der Waals surface area contributed by atoms with E-state index in [1.54, 1.807) is 37.4 Å². The third-order valence-corrected chi connectivity index (χ3v) is 3.93. The highest BCUT2D eigenvalue weighted by Crippen LogP contribution is 2.26. The van der Waals surface area contributed by atoms with E-state index in [2.05, 4.69) is 10.3 Å². The quantitative estimate of drug-likeness (QED) is 0.628. The predicted molar refractivity (Wildman–Crippen MR) is 105 cm³/mol. The van der Waals surface area contributed by atoms with Crippen molar-refractivity contribution in [2.45, 2.75) is 6.42 Å². The highest BCUT2D eigenvalue weighted by molar-refractivity contribution is 5.95. The van der Waals surface area contributed by atoms with Crippen LogP contribution in [0, 0.1) is 11.3 Å². The molecule has 6 nitrogen and oxygen atoms in total. The van der Waals surface area contributed by atoms with E-state index in [1.807, 2.05) is 42.5 Å². The third kappa shape index (κ3) is 4.86. The van der Waals surface area contributed by atoms with Crippen molar-refractivity contribution in [3.05, 3.63) is 72.3 Å². The zero-order valence-electron chi connectivity index (χ0n) is 15.4. The monoisotopic (exact) mass is 373 g/mol. The fraction of sp³-hybridized carbons (Fsp3) is 0.136. The van der Waals surface area contributed by atoms with Gasteiger partial charge >= 0.3 is 0 Å². The maximum atomic E-state index is 12.2. The molecular formula is C22H19N3O3. The van der Waals surface area contributed by atoms with Crippen LogP contribution in [0.4, 0.5) is 0 Å². The largest absolute Gasteiger partial charge is 0.497 e. The summed E-state index contributed by atoms with van der Waals surface area (Å²) >= 11 is 0. The molecule has 1 N–H and O–H groups in total. The van der Waals surface area contributed by atoms with Gasteiger partial charge in [-0.05, 0) is 30.3 Å². The summed E-state index contributed by atoms with van der Waals surface area (Å²) in [6.45, 7) is 0.321. The normalized spacial score (nSPS) is 10.0. The maximum absolute atomic E-state index is 12.2. The number of carbonyl (C=O) groups excluding carboxylic acids is 1. The molecule has 0 aliphatic heterocycles. The minimum absolute atomic E-state index is 0.221. The fourth-order valence-electron chi connectivity index (χ4n) is 2.57. The first-order valence-electron chi connectivity index (χ1n) is 8.74. The number of methoxy groups -OCH3 is 1. The van der Waals surface area contributed by atoms with Gasteiger partial charge in [-0.25, -0.2) is 4.98 Å². The number of carbonyl (C=O) groups is 1. The Balaban J connectivity index is 1.79. The summed E-state index contributed by atoms with van der Waals surface area (Å²) in [5.74, 6) is 1.54. The summed E-state index contributed by atoms with van der Waals surface area (Å²) in [5.41, 5.74) is 1.99. The van der Waals surface area contributed by atoms with Crippen LogP contribution in [0.15, 0.2) is 66.7 Å². The van der Waals surface area contributed by atoms with Gasteiger partial charge in [0.05, 0.1) is 25.3 Å². The standard InChI is InChI=1S/C22H19N3O3/c1-27-18-8-3-9-19(15-18)28-21-11-4-10-20(25-21)16-6-2-7-17(14-16)22(26)24-13-5-12-23/h2-4,6-11,14-15H,5,13H2,1H3,(H,24,26). The van der Waals surface area contributed by atoms with Crippen molar-refractivity contribution in [1.29, 1.82) is 5.26 Å². The lowest BCUT2D eigenvalue weighted by atomic mass is 10.1. The predicted octanol–water partition coefficient (Wildman–Crippen LogP) is 4.19. The van der Waals surface area contributed by atoms with Gasteiger partial charge in [-0.3, -0.25) is 4.79 Å². The van der Waals surface area contributed by atoms with E-state index >= 15 is 0 Å². The molecule has 1 amide bonds. The van der Waals surface area contributed by atoms with Crippen LogP contribution in [0.1, 0.15) is 16.8 Å². The van der Waals surface area contributed by atoms with Crippen LogP contribution in [-0.2, 0) is 0 Å². The second-order valence-electron chi connectivity index (χ2n) is 5.89. The summed E-state index contributed by atoms with van der Waals surface area (Å²) in [6, 6.07) is 21.9. The van der Waals surface area contributed by atoms with Crippen molar-refractivity contribution < 1.29 is 14.3 Å². The highest BCUT2D eigenvalue weighted by Gasteiger charge is 2.09. The Labute approximate surface area is 163 Å². The van der Waals surface area contributed by atoms with E-state index in [-0.39, 0.29) is 12.3 Å². The van der Waals surface area contributed by atoms with E-state index in [1.165, 1.54) is 0 Å². The number of ether oxygens (including phenoxy) is 2. The molecule has 28 heavy (non-hydrogen) atoms. The Kier molecular flexibility index (Phi) is 6.21. The molecule has 1 aromatic heterocycles.